The smallest absolute Gasteiger partial charge is 0.171 e. The van der Waals surface area contributed by atoms with E-state index in [1.807, 2.05) is 22.6 Å². The van der Waals surface area contributed by atoms with Crippen molar-refractivity contribution >= 4 is 28.4 Å². The molecule has 0 fully saturated rings. The van der Waals surface area contributed by atoms with Gasteiger partial charge >= 0.3 is 0 Å². The van der Waals surface area contributed by atoms with Gasteiger partial charge in [-0.15, -0.1) is 0 Å². The molecule has 0 bridgehead atoms. The molecular formula is C9H6FIO2. The number of benzene rings is 1. The summed E-state index contributed by atoms with van der Waals surface area (Å²) in [6.07, 6.45) is 0.384. The van der Waals surface area contributed by atoms with Gasteiger partial charge in [0.25, 0.3) is 0 Å². The minimum atomic E-state index is -0.363. The second-order valence-corrected chi connectivity index (χ2v) is 3.94. The maximum absolute atomic E-state index is 12.9. The predicted molar refractivity (Wildman–Crippen MR) is 53.6 cm³/mol. The number of rotatable bonds is 0. The fourth-order valence-corrected chi connectivity index (χ4v) is 2.18. The molecule has 1 heterocycles. The van der Waals surface area contributed by atoms with Crippen molar-refractivity contribution in [3.8, 4) is 5.75 Å². The van der Waals surface area contributed by atoms with Crippen LogP contribution in [-0.4, -0.2) is 12.4 Å². The average Bonchev–Trinajstić information content (AvgIpc) is 2.02. The zero-order valence-corrected chi connectivity index (χ0v) is 8.80. The van der Waals surface area contributed by atoms with Crippen molar-refractivity contribution in [3.05, 3.63) is 27.1 Å². The Hall–Kier alpha value is -0.650. The highest BCUT2D eigenvalue weighted by molar-refractivity contribution is 14.1. The summed E-state index contributed by atoms with van der Waals surface area (Å²) in [5, 5.41) is 0. The van der Waals surface area contributed by atoms with E-state index in [0.29, 0.717) is 27.9 Å². The number of ketones is 1. The first-order chi connectivity index (χ1) is 6.18. The molecule has 0 saturated carbocycles. The minimum absolute atomic E-state index is 0.0330. The number of carbonyl (C=O) groups excluding carboxylic acids is 1. The Balaban J connectivity index is 2.63. The quantitative estimate of drug-likeness (QED) is 0.686. The maximum atomic E-state index is 12.9. The molecule has 0 amide bonds. The van der Waals surface area contributed by atoms with Crippen LogP contribution in [0.2, 0.25) is 0 Å². The van der Waals surface area contributed by atoms with Crippen molar-refractivity contribution < 1.29 is 13.9 Å². The lowest BCUT2D eigenvalue weighted by molar-refractivity contribution is 0.0932. The molecule has 4 heteroatoms. The molecule has 0 atom stereocenters. The number of fused-ring (bicyclic) bond motifs is 1. The number of hydrogen-bond acceptors (Lipinski definition) is 2. The average molecular weight is 292 g/mol. The Labute approximate surface area is 88.2 Å². The molecule has 1 aromatic rings. The molecule has 0 unspecified atom stereocenters. The van der Waals surface area contributed by atoms with Gasteiger partial charge in [-0.3, -0.25) is 4.79 Å². The summed E-state index contributed by atoms with van der Waals surface area (Å²) in [5.74, 6) is 0.0455. The summed E-state index contributed by atoms with van der Waals surface area (Å²) in [4.78, 5) is 11.4. The Morgan fingerprint density at radius 3 is 3.00 bits per heavy atom. The van der Waals surface area contributed by atoms with E-state index in [1.165, 1.54) is 12.1 Å². The summed E-state index contributed by atoms with van der Waals surface area (Å²) in [7, 11) is 0. The number of halogens is 2. The first kappa shape index (κ1) is 8.93. The lowest BCUT2D eigenvalue weighted by atomic mass is 10.1. The third kappa shape index (κ3) is 1.54. The third-order valence-electron chi connectivity index (χ3n) is 1.88. The van der Waals surface area contributed by atoms with Gasteiger partial charge in [0.15, 0.2) is 5.78 Å². The first-order valence-corrected chi connectivity index (χ1v) is 4.91. The van der Waals surface area contributed by atoms with Gasteiger partial charge in [-0.25, -0.2) is 4.39 Å². The van der Waals surface area contributed by atoms with Crippen LogP contribution in [0.5, 0.6) is 5.75 Å². The fourth-order valence-electron chi connectivity index (χ4n) is 1.31. The van der Waals surface area contributed by atoms with Gasteiger partial charge in [-0.1, -0.05) is 0 Å². The molecule has 0 spiro atoms. The second kappa shape index (κ2) is 3.25. The molecule has 0 aromatic heterocycles. The summed E-state index contributed by atoms with van der Waals surface area (Å²) >= 11 is 1.94. The number of ether oxygens (including phenoxy) is 1. The van der Waals surface area contributed by atoms with Crippen LogP contribution in [0.15, 0.2) is 12.1 Å². The van der Waals surface area contributed by atoms with E-state index in [2.05, 4.69) is 0 Å². The molecule has 1 aromatic carbocycles. The molecule has 2 nitrogen and oxygen atoms in total. The van der Waals surface area contributed by atoms with Gasteiger partial charge in [-0.05, 0) is 28.7 Å². The molecular weight excluding hydrogens is 286 g/mol. The van der Waals surface area contributed by atoms with E-state index in [1.54, 1.807) is 0 Å². The van der Waals surface area contributed by atoms with Gasteiger partial charge in [0, 0.05) is 16.1 Å². The van der Waals surface area contributed by atoms with Gasteiger partial charge in [-0.2, -0.15) is 0 Å². The normalized spacial score (nSPS) is 15.1. The Morgan fingerprint density at radius 1 is 1.46 bits per heavy atom. The lowest BCUT2D eigenvalue weighted by Gasteiger charge is -2.17. The number of hydrogen-bond donors (Lipinski definition) is 0. The van der Waals surface area contributed by atoms with Crippen molar-refractivity contribution in [2.75, 3.05) is 6.61 Å². The Morgan fingerprint density at radius 2 is 2.23 bits per heavy atom. The first-order valence-electron chi connectivity index (χ1n) is 3.83. The zero-order valence-electron chi connectivity index (χ0n) is 6.64. The van der Waals surface area contributed by atoms with E-state index in [-0.39, 0.29) is 11.6 Å². The third-order valence-corrected chi connectivity index (χ3v) is 2.74. The molecule has 2 rings (SSSR count). The van der Waals surface area contributed by atoms with Crippen molar-refractivity contribution in [1.82, 2.24) is 0 Å². The molecule has 13 heavy (non-hydrogen) atoms. The molecule has 0 N–H and O–H groups in total. The van der Waals surface area contributed by atoms with E-state index in [0.717, 1.165) is 0 Å². The van der Waals surface area contributed by atoms with Crippen LogP contribution in [-0.2, 0) is 0 Å². The Kier molecular flexibility index (Phi) is 2.23. The van der Waals surface area contributed by atoms with Crippen LogP contribution >= 0.6 is 22.6 Å². The van der Waals surface area contributed by atoms with Gasteiger partial charge in [0.1, 0.15) is 11.6 Å². The fraction of sp³-hybridized carbons (Fsp3) is 0.222. The van der Waals surface area contributed by atoms with E-state index < -0.39 is 0 Å². The van der Waals surface area contributed by atoms with E-state index in [4.69, 9.17) is 4.74 Å². The lowest BCUT2D eigenvalue weighted by Crippen LogP contribution is -2.16. The van der Waals surface area contributed by atoms with Crippen molar-refractivity contribution in [1.29, 1.82) is 0 Å². The van der Waals surface area contributed by atoms with Crippen LogP contribution in [0.4, 0.5) is 4.39 Å². The highest BCUT2D eigenvalue weighted by atomic mass is 127. The summed E-state index contributed by atoms with van der Waals surface area (Å²) in [6.45, 7) is 0.353. The Bertz CT molecular complexity index is 376. The van der Waals surface area contributed by atoms with Crippen LogP contribution in [0.3, 0.4) is 0 Å². The minimum Gasteiger partial charge on any atom is -0.492 e. The zero-order chi connectivity index (χ0) is 9.42. The van der Waals surface area contributed by atoms with Crippen LogP contribution in [0, 0.1) is 9.39 Å². The largest absolute Gasteiger partial charge is 0.492 e. The van der Waals surface area contributed by atoms with E-state index in [9.17, 15) is 9.18 Å². The van der Waals surface area contributed by atoms with E-state index >= 15 is 0 Å². The highest BCUT2D eigenvalue weighted by Gasteiger charge is 2.21. The highest BCUT2D eigenvalue weighted by Crippen LogP contribution is 2.29. The maximum Gasteiger partial charge on any atom is 0.171 e. The van der Waals surface area contributed by atoms with Crippen molar-refractivity contribution in [3.63, 3.8) is 0 Å². The molecule has 0 saturated heterocycles. The SMILES string of the molecule is O=C1CCOc2cc(F)cc(I)c21. The van der Waals surface area contributed by atoms with Gasteiger partial charge in [0.2, 0.25) is 0 Å². The molecule has 0 radical (unpaired) electrons. The molecule has 1 aliphatic heterocycles. The second-order valence-electron chi connectivity index (χ2n) is 2.78. The standard InChI is InChI=1S/C9H6FIO2/c10-5-3-6(11)9-7(12)1-2-13-8(9)4-5/h3-4H,1-2H2. The summed E-state index contributed by atoms with van der Waals surface area (Å²) < 4.78 is 18.7. The monoisotopic (exact) mass is 292 g/mol. The predicted octanol–water partition coefficient (Wildman–Crippen LogP) is 2.40. The topological polar surface area (TPSA) is 26.3 Å². The van der Waals surface area contributed by atoms with Crippen LogP contribution < -0.4 is 4.74 Å². The molecule has 0 aliphatic carbocycles. The van der Waals surface area contributed by atoms with Gasteiger partial charge < -0.3 is 4.74 Å². The van der Waals surface area contributed by atoms with Crippen molar-refractivity contribution in [2.45, 2.75) is 6.42 Å². The van der Waals surface area contributed by atoms with Crippen LogP contribution in [0.1, 0.15) is 16.8 Å². The van der Waals surface area contributed by atoms with Gasteiger partial charge in [0.05, 0.1) is 12.2 Å². The number of Topliss-reactive ketones (excluding diaryl/α,β-unsaturated/α-hetero) is 1. The van der Waals surface area contributed by atoms with Crippen molar-refractivity contribution in [2.24, 2.45) is 0 Å². The summed E-state index contributed by atoms with van der Waals surface area (Å²) in [5.41, 5.74) is 0.522. The molecule has 1 aliphatic rings. The number of carbonyl (C=O) groups is 1. The molecule has 68 valence electrons. The van der Waals surface area contributed by atoms with Crippen LogP contribution in [0.25, 0.3) is 0 Å². The summed E-state index contributed by atoms with van der Waals surface area (Å²) in [6, 6.07) is 2.60.